The second-order valence-electron chi connectivity index (χ2n) is 5.72. The fourth-order valence-corrected chi connectivity index (χ4v) is 2.20. The van der Waals surface area contributed by atoms with Crippen molar-refractivity contribution in [2.24, 2.45) is 11.3 Å². The summed E-state index contributed by atoms with van der Waals surface area (Å²) in [4.78, 5) is 0. The Balaban J connectivity index is 2.32. The average Bonchev–Trinajstić information content (AvgIpc) is 2.69. The Morgan fingerprint density at radius 2 is 2.31 bits per heavy atom. The highest BCUT2D eigenvalue weighted by molar-refractivity contribution is 4.95. The fraction of sp³-hybridized carbons (Fsp3) is 0.857. The maximum atomic E-state index is 5.70. The molecular weight excluding hydrogens is 198 g/mol. The van der Waals surface area contributed by atoms with Gasteiger partial charge in [0, 0.05) is 18.6 Å². The van der Waals surface area contributed by atoms with E-state index in [1.807, 2.05) is 0 Å². The van der Waals surface area contributed by atoms with E-state index in [1.54, 1.807) is 0 Å². The molecule has 1 aliphatic rings. The van der Waals surface area contributed by atoms with E-state index in [4.69, 9.17) is 4.74 Å². The van der Waals surface area contributed by atoms with Gasteiger partial charge in [-0.2, -0.15) is 0 Å². The van der Waals surface area contributed by atoms with Crippen LogP contribution in [0, 0.1) is 11.3 Å². The van der Waals surface area contributed by atoms with E-state index < -0.39 is 0 Å². The lowest BCUT2D eigenvalue weighted by molar-refractivity contribution is 0.0783. The number of hydrogen-bond acceptors (Lipinski definition) is 2. The summed E-state index contributed by atoms with van der Waals surface area (Å²) < 4.78 is 5.70. The molecular formula is C14H27NO. The second kappa shape index (κ2) is 6.41. The van der Waals surface area contributed by atoms with Crippen LogP contribution in [0.4, 0.5) is 0 Å². The Morgan fingerprint density at radius 1 is 1.56 bits per heavy atom. The average molecular weight is 225 g/mol. The highest BCUT2D eigenvalue weighted by atomic mass is 16.5. The molecule has 0 saturated carbocycles. The summed E-state index contributed by atoms with van der Waals surface area (Å²) in [5.74, 6) is 0.705. The zero-order chi connectivity index (χ0) is 12.0. The lowest BCUT2D eigenvalue weighted by Crippen LogP contribution is -2.35. The molecule has 2 atom stereocenters. The Hall–Kier alpha value is -0.340. The normalized spacial score (nSPS) is 24.6. The third-order valence-electron chi connectivity index (χ3n) is 3.29. The lowest BCUT2D eigenvalue weighted by atomic mass is 9.83. The van der Waals surface area contributed by atoms with Crippen molar-refractivity contribution in [3.05, 3.63) is 12.7 Å². The molecule has 0 aliphatic carbocycles. The number of hydrogen-bond donors (Lipinski definition) is 1. The summed E-state index contributed by atoms with van der Waals surface area (Å²) in [6, 6.07) is 0. The van der Waals surface area contributed by atoms with E-state index in [9.17, 15) is 0 Å². The molecule has 0 aromatic rings. The molecule has 0 aromatic carbocycles. The third kappa shape index (κ3) is 4.67. The summed E-state index contributed by atoms with van der Waals surface area (Å²) in [6.45, 7) is 13.7. The smallest absolute Gasteiger partial charge is 0.0584 e. The van der Waals surface area contributed by atoms with Crippen LogP contribution in [0.15, 0.2) is 12.7 Å². The molecule has 1 rings (SSSR count). The van der Waals surface area contributed by atoms with E-state index >= 15 is 0 Å². The highest BCUT2D eigenvalue weighted by Crippen LogP contribution is 2.29. The third-order valence-corrected chi connectivity index (χ3v) is 3.29. The van der Waals surface area contributed by atoms with Crippen LogP contribution in [0.5, 0.6) is 0 Å². The topological polar surface area (TPSA) is 21.3 Å². The molecule has 1 saturated heterocycles. The Bertz CT molecular complexity index is 209. The minimum atomic E-state index is 0.171. The molecule has 0 amide bonds. The van der Waals surface area contributed by atoms with Gasteiger partial charge in [0.1, 0.15) is 0 Å². The molecule has 1 aliphatic heterocycles. The van der Waals surface area contributed by atoms with E-state index in [-0.39, 0.29) is 5.41 Å². The van der Waals surface area contributed by atoms with E-state index in [0.717, 1.165) is 26.1 Å². The molecule has 16 heavy (non-hydrogen) atoms. The summed E-state index contributed by atoms with van der Waals surface area (Å²) in [6.07, 6.45) is 6.07. The highest BCUT2D eigenvalue weighted by Gasteiger charge is 2.27. The van der Waals surface area contributed by atoms with Crippen LogP contribution >= 0.6 is 0 Å². The number of rotatable bonds is 7. The van der Waals surface area contributed by atoms with Crippen LogP contribution in [-0.2, 0) is 4.74 Å². The van der Waals surface area contributed by atoms with Gasteiger partial charge in [-0.3, -0.25) is 0 Å². The van der Waals surface area contributed by atoms with Crippen molar-refractivity contribution in [2.45, 2.75) is 46.1 Å². The molecule has 2 unspecified atom stereocenters. The second-order valence-corrected chi connectivity index (χ2v) is 5.72. The molecule has 1 N–H and O–H groups in total. The Morgan fingerprint density at radius 3 is 2.81 bits per heavy atom. The predicted molar refractivity (Wildman–Crippen MR) is 69.6 cm³/mol. The van der Waals surface area contributed by atoms with Crippen molar-refractivity contribution < 1.29 is 4.74 Å². The zero-order valence-corrected chi connectivity index (χ0v) is 11.1. The van der Waals surface area contributed by atoms with E-state index in [0.29, 0.717) is 12.0 Å². The van der Waals surface area contributed by atoms with Crippen molar-refractivity contribution in [2.75, 3.05) is 19.7 Å². The summed E-state index contributed by atoms with van der Waals surface area (Å²) in [5, 5.41) is 3.52. The van der Waals surface area contributed by atoms with Gasteiger partial charge >= 0.3 is 0 Å². The van der Waals surface area contributed by atoms with Crippen molar-refractivity contribution in [1.29, 1.82) is 0 Å². The van der Waals surface area contributed by atoms with Gasteiger partial charge in [-0.25, -0.2) is 0 Å². The van der Waals surface area contributed by atoms with Gasteiger partial charge < -0.3 is 10.1 Å². The molecule has 1 fully saturated rings. The molecule has 0 bridgehead atoms. The van der Waals surface area contributed by atoms with Gasteiger partial charge in [0.15, 0.2) is 0 Å². The lowest BCUT2D eigenvalue weighted by Gasteiger charge is -2.29. The monoisotopic (exact) mass is 225 g/mol. The molecule has 0 spiro atoms. The minimum Gasteiger partial charge on any atom is -0.378 e. The predicted octanol–water partition coefficient (Wildman–Crippen LogP) is 2.99. The van der Waals surface area contributed by atoms with Crippen LogP contribution in [-0.4, -0.2) is 25.8 Å². The summed E-state index contributed by atoms with van der Waals surface area (Å²) in [5.41, 5.74) is 0.171. The van der Waals surface area contributed by atoms with E-state index in [2.05, 4.69) is 38.7 Å². The first-order valence-electron chi connectivity index (χ1n) is 6.51. The number of nitrogens with one attached hydrogen (secondary N) is 1. The largest absolute Gasteiger partial charge is 0.378 e. The Labute approximate surface area is 100 Å². The van der Waals surface area contributed by atoms with Crippen LogP contribution in [0.2, 0.25) is 0 Å². The molecule has 2 nitrogen and oxygen atoms in total. The van der Waals surface area contributed by atoms with Crippen molar-refractivity contribution in [3.63, 3.8) is 0 Å². The van der Waals surface area contributed by atoms with Crippen LogP contribution < -0.4 is 5.32 Å². The van der Waals surface area contributed by atoms with Gasteiger partial charge in [-0.05, 0) is 31.7 Å². The first-order valence-corrected chi connectivity index (χ1v) is 6.51. The first kappa shape index (κ1) is 13.7. The quantitative estimate of drug-likeness (QED) is 0.673. The van der Waals surface area contributed by atoms with Crippen molar-refractivity contribution in [3.8, 4) is 0 Å². The molecule has 0 aromatic heterocycles. The van der Waals surface area contributed by atoms with Gasteiger partial charge in [0.2, 0.25) is 0 Å². The molecule has 1 heterocycles. The standard InChI is InChI=1S/C14H27NO/c1-5-14(4,11-15-10-12(2)3)9-13-7-6-8-16-13/h5,12-13,15H,1,6-11H2,2-4H3. The molecule has 94 valence electrons. The maximum Gasteiger partial charge on any atom is 0.0584 e. The van der Waals surface area contributed by atoms with Gasteiger partial charge in [0.25, 0.3) is 0 Å². The molecule has 0 radical (unpaired) electrons. The Kier molecular flexibility index (Phi) is 5.50. The van der Waals surface area contributed by atoms with Gasteiger partial charge in [-0.15, -0.1) is 6.58 Å². The SMILES string of the molecule is C=CC(C)(CNCC(C)C)CC1CCCO1. The van der Waals surface area contributed by atoms with Gasteiger partial charge in [-0.1, -0.05) is 26.8 Å². The van der Waals surface area contributed by atoms with Crippen LogP contribution in [0.25, 0.3) is 0 Å². The number of ether oxygens (including phenoxy) is 1. The van der Waals surface area contributed by atoms with Crippen molar-refractivity contribution >= 4 is 0 Å². The van der Waals surface area contributed by atoms with Crippen LogP contribution in [0.3, 0.4) is 0 Å². The van der Waals surface area contributed by atoms with Crippen LogP contribution in [0.1, 0.15) is 40.0 Å². The fourth-order valence-electron chi connectivity index (χ4n) is 2.20. The summed E-state index contributed by atoms with van der Waals surface area (Å²) >= 11 is 0. The summed E-state index contributed by atoms with van der Waals surface area (Å²) in [7, 11) is 0. The maximum absolute atomic E-state index is 5.70. The minimum absolute atomic E-state index is 0.171. The van der Waals surface area contributed by atoms with E-state index in [1.165, 1.54) is 12.8 Å². The first-order chi connectivity index (χ1) is 7.56. The van der Waals surface area contributed by atoms with Crippen molar-refractivity contribution in [1.82, 2.24) is 5.32 Å². The zero-order valence-electron chi connectivity index (χ0n) is 11.1. The van der Waals surface area contributed by atoms with Gasteiger partial charge in [0.05, 0.1) is 6.10 Å². The molecule has 2 heteroatoms.